The molecule has 0 spiro atoms. The molecule has 0 bridgehead atoms. The van der Waals surface area contributed by atoms with Crippen molar-refractivity contribution < 1.29 is 30.0 Å². The van der Waals surface area contributed by atoms with Gasteiger partial charge in [0.1, 0.15) is 0 Å². The van der Waals surface area contributed by atoms with Crippen molar-refractivity contribution in [1.82, 2.24) is 4.98 Å². The van der Waals surface area contributed by atoms with Crippen LogP contribution in [0.4, 0.5) is 0 Å². The van der Waals surface area contributed by atoms with E-state index in [0.717, 1.165) is 23.2 Å². The molecule has 3 rings (SSSR count). The van der Waals surface area contributed by atoms with E-state index in [1.54, 1.807) is 13.8 Å². The zero-order valence-corrected chi connectivity index (χ0v) is 23.3. The van der Waals surface area contributed by atoms with E-state index in [1.165, 1.54) is 28.0 Å². The van der Waals surface area contributed by atoms with Crippen LogP contribution >= 0.6 is 0 Å². The number of aliphatic hydroxyl groups excluding tert-OH is 1. The maximum absolute atomic E-state index is 10.5. The first kappa shape index (κ1) is 28.7. The van der Waals surface area contributed by atoms with Crippen LogP contribution < -0.4 is 0 Å². The van der Waals surface area contributed by atoms with Crippen LogP contribution in [-0.4, -0.2) is 15.9 Å². The van der Waals surface area contributed by atoms with E-state index < -0.39 is 0 Å². The summed E-state index contributed by atoms with van der Waals surface area (Å²) in [6, 6.07) is 16.4. The smallest absolute Gasteiger partial charge is 0.158 e. The number of nitrogens with zero attached hydrogens (tertiary/aromatic N) is 1. The molecule has 1 radical (unpaired) electrons. The first-order valence-corrected chi connectivity index (χ1v) is 11.4. The van der Waals surface area contributed by atoms with Crippen LogP contribution in [0.1, 0.15) is 70.6 Å². The summed E-state index contributed by atoms with van der Waals surface area (Å²) >= 11 is 0. The van der Waals surface area contributed by atoms with Crippen molar-refractivity contribution in [2.45, 2.75) is 73.1 Å². The molecule has 1 aromatic heterocycles. The van der Waals surface area contributed by atoms with Gasteiger partial charge in [-0.05, 0) is 33.9 Å². The van der Waals surface area contributed by atoms with E-state index in [9.17, 15) is 4.79 Å². The average Bonchev–Trinajstić information content (AvgIpc) is 2.77. The van der Waals surface area contributed by atoms with Crippen molar-refractivity contribution in [2.75, 3.05) is 0 Å². The van der Waals surface area contributed by atoms with Gasteiger partial charge in [0.15, 0.2) is 5.78 Å². The zero-order valence-electron chi connectivity index (χ0n) is 20.9. The molecule has 1 heterocycles. The van der Waals surface area contributed by atoms with Crippen molar-refractivity contribution in [2.24, 2.45) is 0 Å². The van der Waals surface area contributed by atoms with Gasteiger partial charge >= 0.3 is 0 Å². The SMILES string of the molecule is CCC(=O)/C=C(\O)CC.CCC(C)(C)c1cnc(-c2[c-]c(C)cc(C)c2)c2ccccc12.[Ir]. The number of rotatable bonds is 6. The number of aliphatic hydroxyl groups is 1. The Morgan fingerprint density at radius 2 is 1.70 bits per heavy atom. The molecule has 179 valence electrons. The number of aromatic nitrogens is 1. The number of allylic oxidation sites excluding steroid dienone is 2. The number of carbonyl (C=O) groups excluding carboxylic acids is 1. The normalized spacial score (nSPS) is 11.4. The van der Waals surface area contributed by atoms with Gasteiger partial charge < -0.3 is 10.1 Å². The van der Waals surface area contributed by atoms with Crippen molar-refractivity contribution >= 4 is 16.6 Å². The Hall–Kier alpha value is -2.29. The fraction of sp³-hybridized carbons (Fsp3) is 0.379. The second-order valence-electron chi connectivity index (χ2n) is 8.87. The van der Waals surface area contributed by atoms with Gasteiger partial charge in [-0.2, -0.15) is 0 Å². The fourth-order valence-corrected chi connectivity index (χ4v) is 3.55. The first-order valence-electron chi connectivity index (χ1n) is 11.4. The molecule has 0 atom stereocenters. The molecule has 0 saturated heterocycles. The summed E-state index contributed by atoms with van der Waals surface area (Å²) in [5, 5.41) is 11.3. The monoisotopic (exact) mass is 623 g/mol. The number of pyridine rings is 1. The van der Waals surface area contributed by atoms with Crippen LogP contribution in [0.2, 0.25) is 0 Å². The van der Waals surface area contributed by atoms with Crippen LogP contribution in [0.15, 0.2) is 54.4 Å². The van der Waals surface area contributed by atoms with Gasteiger partial charge in [0.25, 0.3) is 0 Å². The summed E-state index contributed by atoms with van der Waals surface area (Å²) in [7, 11) is 0. The minimum absolute atomic E-state index is 0. The maximum atomic E-state index is 10.5. The molecule has 0 saturated carbocycles. The second-order valence-corrected chi connectivity index (χ2v) is 8.87. The van der Waals surface area contributed by atoms with E-state index in [0.29, 0.717) is 12.8 Å². The van der Waals surface area contributed by atoms with Gasteiger partial charge in [-0.15, -0.1) is 34.9 Å². The minimum Gasteiger partial charge on any atom is -0.512 e. The van der Waals surface area contributed by atoms with Crippen LogP contribution in [0.5, 0.6) is 0 Å². The van der Waals surface area contributed by atoms with Gasteiger partial charge in [0, 0.05) is 45.2 Å². The molecule has 4 heteroatoms. The quantitative estimate of drug-likeness (QED) is 0.173. The van der Waals surface area contributed by atoms with Gasteiger partial charge in [-0.3, -0.25) is 4.79 Å². The summed E-state index contributed by atoms with van der Waals surface area (Å²) in [6.07, 6.45) is 5.43. The largest absolute Gasteiger partial charge is 0.512 e. The number of fused-ring (bicyclic) bond motifs is 1. The van der Waals surface area contributed by atoms with Crippen molar-refractivity contribution in [3.63, 3.8) is 0 Å². The molecule has 0 aliphatic carbocycles. The summed E-state index contributed by atoms with van der Waals surface area (Å²) in [5.41, 5.74) is 5.97. The molecule has 3 aromatic rings. The van der Waals surface area contributed by atoms with E-state index in [2.05, 4.69) is 83.3 Å². The van der Waals surface area contributed by atoms with E-state index >= 15 is 0 Å². The van der Waals surface area contributed by atoms with E-state index in [4.69, 9.17) is 10.1 Å². The average molecular weight is 623 g/mol. The van der Waals surface area contributed by atoms with Crippen LogP contribution in [0.25, 0.3) is 22.0 Å². The number of hydrogen-bond donors (Lipinski definition) is 1. The van der Waals surface area contributed by atoms with Crippen LogP contribution in [0.3, 0.4) is 0 Å². The minimum atomic E-state index is -0.0191. The number of benzene rings is 2. The van der Waals surface area contributed by atoms with Crippen LogP contribution in [0, 0.1) is 19.9 Å². The molecule has 0 unspecified atom stereocenters. The number of ketones is 1. The molecule has 2 aromatic carbocycles. The standard InChI is InChI=1S/C22H24N.C7H12O2.Ir/c1-6-22(4,5)20-14-23-21(19-10-8-7-9-18(19)20)17-12-15(2)11-16(3)13-17;1-3-6(8)5-7(9)4-2;/h7-12,14H,6H2,1-5H3;5,8H,3-4H2,1-2H3;/q-1;;/b;6-5-;. The Bertz CT molecular complexity index is 1100. The maximum Gasteiger partial charge on any atom is 0.158 e. The summed E-state index contributed by atoms with van der Waals surface area (Å²) < 4.78 is 0. The van der Waals surface area contributed by atoms with Gasteiger partial charge in [-0.1, -0.05) is 72.7 Å². The zero-order chi connectivity index (χ0) is 23.9. The Morgan fingerprint density at radius 1 is 1.06 bits per heavy atom. The summed E-state index contributed by atoms with van der Waals surface area (Å²) in [5.74, 6) is 0.149. The van der Waals surface area contributed by atoms with Gasteiger partial charge in [-0.25, -0.2) is 0 Å². The molecule has 0 fully saturated rings. The molecule has 1 N–H and O–H groups in total. The molecule has 0 amide bonds. The number of hydrogen-bond acceptors (Lipinski definition) is 3. The van der Waals surface area contributed by atoms with Crippen molar-refractivity contribution in [1.29, 1.82) is 0 Å². The Kier molecular flexibility index (Phi) is 11.2. The molecular weight excluding hydrogens is 587 g/mol. The predicted octanol–water partition coefficient (Wildman–Crippen LogP) is 7.82. The fourth-order valence-electron chi connectivity index (χ4n) is 3.55. The summed E-state index contributed by atoms with van der Waals surface area (Å²) in [6.45, 7) is 14.6. The Balaban J connectivity index is 0.000000467. The third-order valence-corrected chi connectivity index (χ3v) is 5.85. The predicted molar refractivity (Wildman–Crippen MR) is 135 cm³/mol. The third-order valence-electron chi connectivity index (χ3n) is 5.85. The third kappa shape index (κ3) is 7.62. The summed E-state index contributed by atoms with van der Waals surface area (Å²) in [4.78, 5) is 15.4. The first-order chi connectivity index (χ1) is 15.1. The second kappa shape index (κ2) is 12.8. The molecule has 3 nitrogen and oxygen atoms in total. The molecule has 0 aliphatic heterocycles. The van der Waals surface area contributed by atoms with E-state index in [-0.39, 0.29) is 37.1 Å². The van der Waals surface area contributed by atoms with Gasteiger partial charge in [0.2, 0.25) is 0 Å². The van der Waals surface area contributed by atoms with Crippen molar-refractivity contribution in [3.05, 3.63) is 77.2 Å². The van der Waals surface area contributed by atoms with Gasteiger partial charge in [0.05, 0.1) is 5.76 Å². The topological polar surface area (TPSA) is 50.2 Å². The number of carbonyl (C=O) groups is 1. The Morgan fingerprint density at radius 3 is 2.24 bits per heavy atom. The van der Waals surface area contributed by atoms with E-state index in [1.807, 2.05) is 0 Å². The molecule has 33 heavy (non-hydrogen) atoms. The van der Waals surface area contributed by atoms with Crippen LogP contribution in [-0.2, 0) is 30.3 Å². The molecule has 0 aliphatic rings. The van der Waals surface area contributed by atoms with Crippen molar-refractivity contribution in [3.8, 4) is 11.3 Å². The Labute approximate surface area is 212 Å². The molecular formula is C29H36IrNO2-. The number of aryl methyl sites for hydroxylation is 2.